The molecule has 7 heterocycles. The molecule has 2 bridgehead atoms. The molecule has 1 saturated carbocycles. The van der Waals surface area contributed by atoms with Crippen LogP contribution in [0.1, 0.15) is 93.9 Å². The van der Waals surface area contributed by atoms with Crippen molar-refractivity contribution in [2.24, 2.45) is 23.7 Å². The Morgan fingerprint density at radius 2 is 1.60 bits per heavy atom. The van der Waals surface area contributed by atoms with Crippen LogP contribution in [-0.4, -0.2) is 151 Å². The van der Waals surface area contributed by atoms with Crippen LogP contribution in [0.3, 0.4) is 0 Å². The summed E-state index contributed by atoms with van der Waals surface area (Å²) in [4.78, 5) is 14.5. The highest BCUT2D eigenvalue weighted by molar-refractivity contribution is 5.78. The van der Waals surface area contributed by atoms with Crippen LogP contribution in [-0.2, 0) is 56.9 Å². The summed E-state index contributed by atoms with van der Waals surface area (Å²) in [5.41, 5.74) is -1.53. The van der Waals surface area contributed by atoms with Crippen LogP contribution >= 0.6 is 0 Å². The first-order valence-electron chi connectivity index (χ1n) is 23.3. The van der Waals surface area contributed by atoms with Crippen molar-refractivity contribution in [1.82, 2.24) is 0 Å². The van der Waals surface area contributed by atoms with Gasteiger partial charge in [-0.1, -0.05) is 64.5 Å². The second-order valence-corrected chi connectivity index (χ2v) is 19.8. The Morgan fingerprint density at radius 3 is 2.33 bits per heavy atom. The predicted octanol–water partition coefficient (Wildman–Crippen LogP) is 4.59. The minimum Gasteiger partial charge on any atom is -0.462 e. The van der Waals surface area contributed by atoms with Crippen molar-refractivity contribution in [1.29, 1.82) is 0 Å². The van der Waals surface area contributed by atoms with Gasteiger partial charge in [-0.3, -0.25) is 4.79 Å². The van der Waals surface area contributed by atoms with E-state index in [1.165, 1.54) is 0 Å². The number of epoxide rings is 1. The van der Waals surface area contributed by atoms with E-state index >= 15 is 0 Å². The zero-order valence-electron chi connectivity index (χ0n) is 38.6. The molecular weight excluding hydrogens is 817 g/mol. The van der Waals surface area contributed by atoms with Gasteiger partial charge in [0, 0.05) is 51.7 Å². The number of carbonyl (C=O) groups is 1. The van der Waals surface area contributed by atoms with E-state index in [1.54, 1.807) is 34.1 Å². The quantitative estimate of drug-likeness (QED) is 0.175. The lowest BCUT2D eigenvalue weighted by Crippen LogP contribution is -2.64. The lowest BCUT2D eigenvalue weighted by Gasteiger charge is -2.48. The van der Waals surface area contributed by atoms with Crippen LogP contribution in [0.25, 0.3) is 0 Å². The molecule has 6 fully saturated rings. The fourth-order valence-corrected chi connectivity index (χ4v) is 11.3. The van der Waals surface area contributed by atoms with Gasteiger partial charge in [-0.15, -0.1) is 0 Å². The summed E-state index contributed by atoms with van der Waals surface area (Å²) in [5, 5.41) is 34.6. The van der Waals surface area contributed by atoms with E-state index in [9.17, 15) is 20.1 Å². The smallest absolute Gasteiger partial charge is 0.315 e. The van der Waals surface area contributed by atoms with Crippen molar-refractivity contribution in [3.63, 3.8) is 0 Å². The summed E-state index contributed by atoms with van der Waals surface area (Å²) in [6, 6.07) is 0. The molecule has 0 aromatic rings. The van der Waals surface area contributed by atoms with Crippen molar-refractivity contribution in [3.05, 3.63) is 47.6 Å². The number of rotatable bonds is 8. The van der Waals surface area contributed by atoms with Gasteiger partial charge in [-0.2, -0.15) is 0 Å². The van der Waals surface area contributed by atoms with Crippen LogP contribution in [0.5, 0.6) is 0 Å². The van der Waals surface area contributed by atoms with Crippen LogP contribution in [0, 0.1) is 23.7 Å². The number of ether oxygens (including phenoxy) is 11. The average molecular weight is 889 g/mol. The molecule has 5 saturated heterocycles. The van der Waals surface area contributed by atoms with Gasteiger partial charge in [0.25, 0.3) is 0 Å². The lowest BCUT2D eigenvalue weighted by molar-refractivity contribution is -0.318. The zero-order chi connectivity index (χ0) is 45.2. The van der Waals surface area contributed by atoms with E-state index in [4.69, 9.17) is 52.1 Å². The van der Waals surface area contributed by atoms with E-state index in [1.807, 2.05) is 32.1 Å². The fourth-order valence-electron chi connectivity index (χ4n) is 11.3. The Balaban J connectivity index is 1.09. The Kier molecular flexibility index (Phi) is 13.9. The molecule has 15 heteroatoms. The van der Waals surface area contributed by atoms with Gasteiger partial charge in [0.05, 0.1) is 49.3 Å². The third kappa shape index (κ3) is 8.94. The van der Waals surface area contributed by atoms with Crippen LogP contribution < -0.4 is 0 Å². The number of fused-ring (bicyclic) bond motifs is 4. The molecule has 15 nitrogen and oxygen atoms in total. The van der Waals surface area contributed by atoms with E-state index in [0.29, 0.717) is 31.3 Å². The second-order valence-electron chi connectivity index (χ2n) is 19.8. The van der Waals surface area contributed by atoms with E-state index in [-0.39, 0.29) is 43.0 Å². The van der Waals surface area contributed by atoms with Gasteiger partial charge in [-0.05, 0) is 57.3 Å². The first kappa shape index (κ1) is 47.4. The molecule has 7 aliphatic heterocycles. The number of allylic oxidation sites excluding steroid dienone is 2. The van der Waals surface area contributed by atoms with Crippen molar-refractivity contribution in [2.75, 3.05) is 20.8 Å². The fraction of sp³-hybridized carbons (Fsp3) is 0.812. The molecule has 63 heavy (non-hydrogen) atoms. The second kappa shape index (κ2) is 18.5. The lowest BCUT2D eigenvalue weighted by atomic mass is 9.66. The summed E-state index contributed by atoms with van der Waals surface area (Å²) < 4.78 is 69.9. The molecule has 3 N–H and O–H groups in total. The minimum absolute atomic E-state index is 0.0195. The monoisotopic (exact) mass is 888 g/mol. The van der Waals surface area contributed by atoms with E-state index in [0.717, 1.165) is 12.0 Å². The first-order chi connectivity index (χ1) is 29.9. The highest BCUT2D eigenvalue weighted by atomic mass is 16.7. The minimum atomic E-state index is -1.88. The van der Waals surface area contributed by atoms with Gasteiger partial charge >= 0.3 is 5.97 Å². The van der Waals surface area contributed by atoms with Crippen molar-refractivity contribution in [2.45, 2.75) is 203 Å². The zero-order valence-corrected chi connectivity index (χ0v) is 38.6. The Labute approximate surface area is 372 Å². The van der Waals surface area contributed by atoms with E-state index in [2.05, 4.69) is 39.8 Å². The van der Waals surface area contributed by atoms with Gasteiger partial charge < -0.3 is 67.4 Å². The van der Waals surface area contributed by atoms with Crippen LogP contribution in [0.15, 0.2) is 47.6 Å². The summed E-state index contributed by atoms with van der Waals surface area (Å²) in [5.74, 6) is -2.65. The number of hydrogen-bond donors (Lipinski definition) is 3. The highest BCUT2D eigenvalue weighted by Crippen LogP contribution is 2.59. The number of methoxy groups -OCH3 is 2. The third-order valence-electron chi connectivity index (χ3n) is 15.4. The normalized spacial score (nSPS) is 52.7. The van der Waals surface area contributed by atoms with Gasteiger partial charge in [0.2, 0.25) is 0 Å². The topological polar surface area (TPSA) is 183 Å². The maximum atomic E-state index is 14.5. The largest absolute Gasteiger partial charge is 0.462 e. The average Bonchev–Trinajstić information content (AvgIpc) is 3.83. The predicted molar refractivity (Wildman–Crippen MR) is 227 cm³/mol. The van der Waals surface area contributed by atoms with Crippen LogP contribution in [0.2, 0.25) is 0 Å². The molecule has 1 aliphatic carbocycles. The van der Waals surface area contributed by atoms with Crippen molar-refractivity contribution >= 4 is 5.97 Å². The number of aliphatic hydroxyl groups is 3. The summed E-state index contributed by atoms with van der Waals surface area (Å²) in [7, 11) is 3.22. The molecule has 0 aromatic heterocycles. The van der Waals surface area contributed by atoms with Gasteiger partial charge in [0.15, 0.2) is 18.4 Å². The Morgan fingerprint density at radius 1 is 0.889 bits per heavy atom. The van der Waals surface area contributed by atoms with Crippen molar-refractivity contribution in [3.8, 4) is 0 Å². The SMILES string of the molecule is CC[C@H](C)[C@H]1O[C@]2(C=C[C@@H]1C)C[C@@H]1C[C@@H](C/C=C(\C)[C@@H](O[C@H]3C[C@H](OC)[C@@H](O[C@H]4C[C@H](OC)[C@@H](O)[C@H](C)O4)[C@H](C)O3)[C@@H](C)/C=C/C=C3\CO[C@@H]4[C@H](O)[C@]5(C)O[C@@H]5[C@@H](C(=O)O1)[C@]34O)O2. The van der Waals surface area contributed by atoms with Gasteiger partial charge in [0.1, 0.15) is 53.7 Å². The first-order valence-corrected chi connectivity index (χ1v) is 23.3. The molecule has 1 spiro atoms. The summed E-state index contributed by atoms with van der Waals surface area (Å²) in [6.45, 7) is 16.1. The van der Waals surface area contributed by atoms with Crippen molar-refractivity contribution < 1.29 is 72.2 Å². The summed E-state index contributed by atoms with van der Waals surface area (Å²) >= 11 is 0. The molecule has 0 unspecified atom stereocenters. The maximum absolute atomic E-state index is 14.5. The Hall–Kier alpha value is -2.09. The molecule has 8 aliphatic rings. The van der Waals surface area contributed by atoms with Crippen LogP contribution in [0.4, 0.5) is 0 Å². The highest BCUT2D eigenvalue weighted by Gasteiger charge is 2.78. The number of carbonyl (C=O) groups excluding carboxylic acids is 1. The number of esters is 1. The molecule has 0 radical (unpaired) electrons. The summed E-state index contributed by atoms with van der Waals surface area (Å²) in [6.07, 6.45) is 5.89. The number of aliphatic hydroxyl groups excluding tert-OH is 2. The molecule has 22 atom stereocenters. The van der Waals surface area contributed by atoms with E-state index < -0.39 is 109 Å². The standard InChI is InChI=1S/C48H72O15/c1-11-24(2)40-27(5)17-18-47(62-40)22-32-19-31(61-47)16-15-26(4)39(59-36-21-34(54-10)41(29(7)57-36)60-35-20-33(53-9)38(49)28(6)56-35)25(3)13-12-14-30-23-55-44-42(50)46(8)43(63-46)37(45(51)58-32)48(30,44)52/h12-15,17-18,24-25,27-29,31-44,49-50,52H,11,16,19-23H2,1-10H3/b13-12+,26-15+,30-14+/t24-,25-,27-,28-,29-,31+,32-,33-,34-,35-,36-,37-,38-,39-,40+,41-,42-,43+,44+,46-,47+,48+/m0/s1. The number of hydrogen-bond acceptors (Lipinski definition) is 15. The maximum Gasteiger partial charge on any atom is 0.315 e. The Bertz CT molecular complexity index is 1770. The van der Waals surface area contributed by atoms with Gasteiger partial charge in [-0.25, -0.2) is 0 Å². The molecular formula is C48H72O15. The molecule has 354 valence electrons. The molecule has 8 rings (SSSR count). The molecule has 0 amide bonds. The molecule has 0 aromatic carbocycles. The third-order valence-corrected chi connectivity index (χ3v) is 15.4.